The molecule has 0 N–H and O–H groups in total. The number of hydrogen-bond donors (Lipinski definition) is 0. The number of halogens is 1. The molecule has 2 aromatic rings. The van der Waals surface area contributed by atoms with Gasteiger partial charge in [0.25, 0.3) is 0 Å². The Morgan fingerprint density at radius 2 is 1.78 bits per heavy atom. The molecule has 0 spiro atoms. The predicted molar refractivity (Wildman–Crippen MR) is 69.8 cm³/mol. The lowest BCUT2D eigenvalue weighted by molar-refractivity contribution is -0.683. The molecule has 2 rings (SSSR count). The third kappa shape index (κ3) is 3.02. The fourth-order valence-corrected chi connectivity index (χ4v) is 1.79. The molecule has 0 saturated heterocycles. The van der Waals surface area contributed by atoms with E-state index in [0.29, 0.717) is 11.1 Å². The lowest BCUT2D eigenvalue weighted by atomic mass is 10.1. The van der Waals surface area contributed by atoms with Crippen LogP contribution >= 0.6 is 15.9 Å². The number of rotatable bonds is 3. The van der Waals surface area contributed by atoms with Crippen LogP contribution in [0.1, 0.15) is 15.9 Å². The average molecular weight is 302 g/mol. The fraction of sp³-hybridized carbons (Fsp3) is 0.0714. The molecule has 0 fully saturated rings. The summed E-state index contributed by atoms with van der Waals surface area (Å²) in [7, 11) is 0. The van der Waals surface area contributed by atoms with Crippen LogP contribution in [0.4, 0.5) is 0 Å². The number of carbonyl (C=O) groups is 1. The van der Waals surface area contributed by atoms with Crippen molar-refractivity contribution in [1.82, 2.24) is 0 Å². The van der Waals surface area contributed by atoms with Crippen LogP contribution in [0, 0.1) is 11.3 Å². The van der Waals surface area contributed by atoms with Crippen LogP contribution in [0.2, 0.25) is 0 Å². The Bertz CT molecular complexity index is 597. The van der Waals surface area contributed by atoms with E-state index in [2.05, 4.69) is 15.9 Å². The van der Waals surface area contributed by atoms with Gasteiger partial charge in [-0.3, -0.25) is 4.79 Å². The monoisotopic (exact) mass is 301 g/mol. The Kier molecular flexibility index (Phi) is 3.85. The minimum atomic E-state index is 0.0391. The van der Waals surface area contributed by atoms with E-state index in [-0.39, 0.29) is 12.3 Å². The van der Waals surface area contributed by atoms with Crippen molar-refractivity contribution in [2.45, 2.75) is 6.54 Å². The van der Waals surface area contributed by atoms with Crippen molar-refractivity contribution in [1.29, 1.82) is 5.26 Å². The lowest BCUT2D eigenvalue weighted by Crippen LogP contribution is -2.37. The molecule has 1 aromatic heterocycles. The van der Waals surface area contributed by atoms with Crippen molar-refractivity contribution < 1.29 is 9.36 Å². The molecule has 0 aliphatic carbocycles. The van der Waals surface area contributed by atoms with E-state index in [1.807, 2.05) is 18.2 Å². The van der Waals surface area contributed by atoms with E-state index in [9.17, 15) is 4.79 Å². The first kappa shape index (κ1) is 12.5. The Morgan fingerprint density at radius 1 is 1.17 bits per heavy atom. The zero-order valence-corrected chi connectivity index (χ0v) is 11.1. The third-order valence-corrected chi connectivity index (χ3v) is 3.04. The highest BCUT2D eigenvalue weighted by atomic mass is 79.9. The van der Waals surface area contributed by atoms with Gasteiger partial charge < -0.3 is 0 Å². The Hall–Kier alpha value is -1.99. The lowest BCUT2D eigenvalue weighted by Gasteiger charge is -1.98. The topological polar surface area (TPSA) is 44.7 Å². The number of hydrogen-bond acceptors (Lipinski definition) is 2. The van der Waals surface area contributed by atoms with Gasteiger partial charge >= 0.3 is 0 Å². The molecule has 3 nitrogen and oxygen atoms in total. The molecule has 18 heavy (non-hydrogen) atoms. The summed E-state index contributed by atoms with van der Waals surface area (Å²) in [6.45, 7) is 0.271. The number of nitrogens with zero attached hydrogens (tertiary/aromatic N) is 2. The summed E-state index contributed by atoms with van der Waals surface area (Å²) >= 11 is 3.33. The van der Waals surface area contributed by atoms with Crippen LogP contribution < -0.4 is 4.57 Å². The van der Waals surface area contributed by atoms with Gasteiger partial charge in [0.2, 0.25) is 12.3 Å². The van der Waals surface area contributed by atoms with Gasteiger partial charge in [-0.15, -0.1) is 0 Å². The van der Waals surface area contributed by atoms with Gasteiger partial charge in [0.15, 0.2) is 12.4 Å². The minimum Gasteiger partial charge on any atom is -0.287 e. The van der Waals surface area contributed by atoms with E-state index in [4.69, 9.17) is 5.26 Å². The van der Waals surface area contributed by atoms with Crippen LogP contribution in [0.15, 0.2) is 53.3 Å². The fourth-order valence-electron chi connectivity index (χ4n) is 1.53. The molecular formula is C14H10BrN2O+. The molecule has 88 valence electrons. The Labute approximate surface area is 113 Å². The highest BCUT2D eigenvalue weighted by Gasteiger charge is 2.11. The Balaban J connectivity index is 2.11. The summed E-state index contributed by atoms with van der Waals surface area (Å²) in [5, 5.41) is 8.68. The van der Waals surface area contributed by atoms with Gasteiger partial charge in [-0.05, 0) is 12.1 Å². The van der Waals surface area contributed by atoms with Gasteiger partial charge in [-0.2, -0.15) is 9.83 Å². The van der Waals surface area contributed by atoms with Gasteiger partial charge in [-0.25, -0.2) is 0 Å². The molecule has 1 aromatic carbocycles. The van der Waals surface area contributed by atoms with Crippen LogP contribution in [0.5, 0.6) is 0 Å². The molecule has 0 aliphatic rings. The molecule has 0 saturated carbocycles. The summed E-state index contributed by atoms with van der Waals surface area (Å²) in [5.41, 5.74) is 1.26. The maximum absolute atomic E-state index is 12.0. The molecule has 0 atom stereocenters. The zero-order valence-electron chi connectivity index (χ0n) is 9.51. The molecule has 0 amide bonds. The van der Waals surface area contributed by atoms with Crippen molar-refractivity contribution >= 4 is 21.7 Å². The SMILES string of the molecule is N#Cc1cc[n+](CC(=O)c2ccc(Br)cc2)cc1. The van der Waals surface area contributed by atoms with Gasteiger partial charge in [0.05, 0.1) is 11.6 Å². The van der Waals surface area contributed by atoms with Gasteiger partial charge in [0, 0.05) is 22.2 Å². The molecule has 0 unspecified atom stereocenters. The predicted octanol–water partition coefficient (Wildman–Crippen LogP) is 2.49. The zero-order chi connectivity index (χ0) is 13.0. The number of benzene rings is 1. The molecule has 0 aliphatic heterocycles. The average Bonchev–Trinajstić information content (AvgIpc) is 2.40. The Morgan fingerprint density at radius 3 is 2.33 bits per heavy atom. The van der Waals surface area contributed by atoms with E-state index < -0.39 is 0 Å². The second-order valence-corrected chi connectivity index (χ2v) is 4.72. The largest absolute Gasteiger partial charge is 0.287 e. The van der Waals surface area contributed by atoms with Crippen molar-refractivity contribution in [2.75, 3.05) is 0 Å². The number of Topliss-reactive ketones (excluding diaryl/α,β-unsaturated/α-hetero) is 1. The van der Waals surface area contributed by atoms with Crippen LogP contribution in [0.3, 0.4) is 0 Å². The summed E-state index contributed by atoms with van der Waals surface area (Å²) in [6, 6.07) is 12.7. The van der Waals surface area contributed by atoms with E-state index in [0.717, 1.165) is 4.47 Å². The highest BCUT2D eigenvalue weighted by Crippen LogP contribution is 2.10. The first-order valence-corrected chi connectivity index (χ1v) is 6.16. The second-order valence-electron chi connectivity index (χ2n) is 3.80. The number of nitriles is 1. The molecule has 0 bridgehead atoms. The van der Waals surface area contributed by atoms with E-state index >= 15 is 0 Å². The van der Waals surface area contributed by atoms with Gasteiger partial charge in [-0.1, -0.05) is 28.1 Å². The summed E-state index contributed by atoms with van der Waals surface area (Å²) in [6.07, 6.45) is 3.46. The van der Waals surface area contributed by atoms with Crippen molar-refractivity contribution in [3.05, 3.63) is 64.4 Å². The first-order valence-electron chi connectivity index (χ1n) is 5.37. The number of aromatic nitrogens is 1. The summed E-state index contributed by atoms with van der Waals surface area (Å²) in [5.74, 6) is 0.0391. The molecular weight excluding hydrogens is 292 g/mol. The molecule has 1 heterocycles. The number of pyridine rings is 1. The number of carbonyl (C=O) groups excluding carboxylic acids is 1. The highest BCUT2D eigenvalue weighted by molar-refractivity contribution is 9.10. The quantitative estimate of drug-likeness (QED) is 0.646. The maximum Gasteiger partial charge on any atom is 0.227 e. The normalized spacial score (nSPS) is 9.78. The van der Waals surface area contributed by atoms with Crippen molar-refractivity contribution in [2.24, 2.45) is 0 Å². The second kappa shape index (κ2) is 5.56. The maximum atomic E-state index is 12.0. The van der Waals surface area contributed by atoms with Crippen LogP contribution in [-0.4, -0.2) is 5.78 Å². The first-order chi connectivity index (χ1) is 8.69. The minimum absolute atomic E-state index is 0.0391. The van der Waals surface area contributed by atoms with Gasteiger partial charge in [0.1, 0.15) is 0 Å². The summed E-state index contributed by atoms with van der Waals surface area (Å²) in [4.78, 5) is 12.0. The van der Waals surface area contributed by atoms with Crippen molar-refractivity contribution in [3.63, 3.8) is 0 Å². The molecule has 0 radical (unpaired) electrons. The van der Waals surface area contributed by atoms with Crippen LogP contribution in [-0.2, 0) is 6.54 Å². The molecule has 4 heteroatoms. The van der Waals surface area contributed by atoms with E-state index in [1.165, 1.54) is 0 Å². The number of ketones is 1. The van der Waals surface area contributed by atoms with E-state index in [1.54, 1.807) is 41.2 Å². The van der Waals surface area contributed by atoms with Crippen molar-refractivity contribution in [3.8, 4) is 6.07 Å². The van der Waals surface area contributed by atoms with Crippen LogP contribution in [0.25, 0.3) is 0 Å². The summed E-state index contributed by atoms with van der Waals surface area (Å²) < 4.78 is 2.70. The third-order valence-electron chi connectivity index (χ3n) is 2.51. The smallest absolute Gasteiger partial charge is 0.227 e. The standard InChI is InChI=1S/C14H10BrN2O/c15-13-3-1-12(2-4-13)14(18)10-17-7-5-11(9-16)6-8-17/h1-8H,10H2/q+1.